The van der Waals surface area contributed by atoms with E-state index >= 15 is 0 Å². The molecule has 0 saturated carbocycles. The Morgan fingerprint density at radius 1 is 1.08 bits per heavy atom. The highest BCUT2D eigenvalue weighted by Gasteiger charge is 2.21. The molecule has 1 aromatic carbocycles. The van der Waals surface area contributed by atoms with Gasteiger partial charge < -0.3 is 20.2 Å². The van der Waals surface area contributed by atoms with E-state index < -0.39 is 11.9 Å². The lowest BCUT2D eigenvalue weighted by atomic mass is 10.1. The SMILES string of the molecule is CCn1cc(-c2nc(Nc3ccc(N4CCN(C(=O)O)CC4)cc3)ncc2F)c(-c2cccnc2)n1. The molecule has 1 fully saturated rings. The van der Waals surface area contributed by atoms with Crippen molar-refractivity contribution in [2.45, 2.75) is 13.5 Å². The standard InChI is InChI=1S/C25H25FN8O2/c1-2-34-16-20(22(31-34)17-4-3-9-27-14-17)23-21(26)15-28-24(30-23)29-18-5-7-19(8-6-18)32-10-12-33(13-11-32)25(35)36/h3-9,14-16H,2,10-13H2,1H3,(H,35,36)(H,28,29,30). The predicted molar refractivity (Wildman–Crippen MR) is 134 cm³/mol. The number of aromatic nitrogens is 5. The fraction of sp³-hybridized carbons (Fsp3) is 0.240. The van der Waals surface area contributed by atoms with Gasteiger partial charge in [-0.05, 0) is 43.3 Å². The summed E-state index contributed by atoms with van der Waals surface area (Å²) in [6.45, 7) is 4.79. The molecule has 184 valence electrons. The molecular formula is C25H25FN8O2. The second-order valence-corrected chi connectivity index (χ2v) is 8.31. The number of rotatable bonds is 6. The van der Waals surface area contributed by atoms with Gasteiger partial charge in [0.1, 0.15) is 11.4 Å². The normalized spacial score (nSPS) is 13.6. The van der Waals surface area contributed by atoms with Crippen LogP contribution in [0.5, 0.6) is 0 Å². The van der Waals surface area contributed by atoms with Gasteiger partial charge in [-0.25, -0.2) is 19.2 Å². The molecule has 5 rings (SSSR count). The van der Waals surface area contributed by atoms with Crippen LogP contribution in [-0.4, -0.2) is 67.0 Å². The third kappa shape index (κ3) is 4.81. The number of hydrogen-bond donors (Lipinski definition) is 2. The van der Waals surface area contributed by atoms with Crippen molar-refractivity contribution < 1.29 is 14.3 Å². The molecule has 2 N–H and O–H groups in total. The minimum atomic E-state index is -0.887. The number of nitrogens with one attached hydrogen (secondary N) is 1. The van der Waals surface area contributed by atoms with Crippen LogP contribution in [0, 0.1) is 5.82 Å². The zero-order valence-corrected chi connectivity index (χ0v) is 19.7. The Balaban J connectivity index is 1.36. The van der Waals surface area contributed by atoms with Gasteiger partial charge in [0.2, 0.25) is 5.95 Å². The van der Waals surface area contributed by atoms with Gasteiger partial charge >= 0.3 is 6.09 Å². The monoisotopic (exact) mass is 488 g/mol. The molecule has 0 radical (unpaired) electrons. The molecule has 1 amide bonds. The van der Waals surface area contributed by atoms with Crippen molar-refractivity contribution in [2.75, 3.05) is 36.4 Å². The second-order valence-electron chi connectivity index (χ2n) is 8.31. The quantitative estimate of drug-likeness (QED) is 0.417. The van der Waals surface area contributed by atoms with E-state index in [2.05, 4.69) is 30.3 Å². The van der Waals surface area contributed by atoms with Gasteiger partial charge in [0, 0.05) is 73.8 Å². The molecule has 4 aromatic rings. The molecule has 1 aliphatic rings. The van der Waals surface area contributed by atoms with Crippen LogP contribution in [0.3, 0.4) is 0 Å². The van der Waals surface area contributed by atoms with Gasteiger partial charge in [0.15, 0.2) is 5.82 Å². The Morgan fingerprint density at radius 3 is 2.53 bits per heavy atom. The number of aryl methyl sites for hydroxylation is 1. The van der Waals surface area contributed by atoms with Crippen LogP contribution < -0.4 is 10.2 Å². The van der Waals surface area contributed by atoms with Gasteiger partial charge in [-0.3, -0.25) is 9.67 Å². The summed E-state index contributed by atoms with van der Waals surface area (Å²) in [6.07, 6.45) is 5.40. The Labute approximate surface area is 207 Å². The molecule has 10 nitrogen and oxygen atoms in total. The molecule has 4 heterocycles. The van der Waals surface area contributed by atoms with E-state index in [1.54, 1.807) is 23.3 Å². The van der Waals surface area contributed by atoms with Crippen molar-refractivity contribution in [2.24, 2.45) is 0 Å². The minimum Gasteiger partial charge on any atom is -0.465 e. The van der Waals surface area contributed by atoms with Gasteiger partial charge in [0.25, 0.3) is 0 Å². The highest BCUT2D eigenvalue weighted by atomic mass is 19.1. The molecule has 36 heavy (non-hydrogen) atoms. The van der Waals surface area contributed by atoms with E-state index in [0.717, 1.165) is 23.1 Å². The number of carbonyl (C=O) groups is 1. The smallest absolute Gasteiger partial charge is 0.407 e. The second kappa shape index (κ2) is 9.98. The average molecular weight is 489 g/mol. The number of hydrogen-bond acceptors (Lipinski definition) is 7. The van der Waals surface area contributed by atoms with E-state index in [9.17, 15) is 9.18 Å². The molecule has 1 saturated heterocycles. The first kappa shape index (κ1) is 23.2. The molecule has 1 aliphatic heterocycles. The molecule has 0 aliphatic carbocycles. The molecule has 11 heteroatoms. The van der Waals surface area contributed by atoms with Crippen LogP contribution in [0.2, 0.25) is 0 Å². The summed E-state index contributed by atoms with van der Waals surface area (Å²) < 4.78 is 16.6. The minimum absolute atomic E-state index is 0.152. The van der Waals surface area contributed by atoms with Crippen molar-refractivity contribution in [3.05, 3.63) is 67.0 Å². The van der Waals surface area contributed by atoms with Crippen molar-refractivity contribution >= 4 is 23.4 Å². The maximum absolute atomic E-state index is 14.9. The summed E-state index contributed by atoms with van der Waals surface area (Å²) in [5, 5.41) is 16.9. The van der Waals surface area contributed by atoms with Crippen molar-refractivity contribution in [3.8, 4) is 22.5 Å². The number of halogens is 1. The fourth-order valence-electron chi connectivity index (χ4n) is 4.13. The maximum atomic E-state index is 14.9. The summed E-state index contributed by atoms with van der Waals surface area (Å²) in [4.78, 5) is 27.4. The van der Waals surface area contributed by atoms with E-state index in [1.165, 1.54) is 4.90 Å². The molecule has 3 aromatic heterocycles. The average Bonchev–Trinajstić information content (AvgIpc) is 3.35. The summed E-state index contributed by atoms with van der Waals surface area (Å²) in [7, 11) is 0. The molecule has 0 bridgehead atoms. The van der Waals surface area contributed by atoms with Crippen LogP contribution in [0.15, 0.2) is 61.2 Å². The van der Waals surface area contributed by atoms with Gasteiger partial charge in [0.05, 0.1) is 6.20 Å². The van der Waals surface area contributed by atoms with Crippen molar-refractivity contribution in [1.82, 2.24) is 29.6 Å². The highest BCUT2D eigenvalue weighted by Crippen LogP contribution is 2.32. The van der Waals surface area contributed by atoms with Crippen LogP contribution in [0.1, 0.15) is 6.92 Å². The van der Waals surface area contributed by atoms with Crippen molar-refractivity contribution in [3.63, 3.8) is 0 Å². The highest BCUT2D eigenvalue weighted by molar-refractivity contribution is 5.79. The summed E-state index contributed by atoms with van der Waals surface area (Å²) in [5.41, 5.74) is 3.83. The van der Waals surface area contributed by atoms with E-state index in [0.29, 0.717) is 44.0 Å². The third-order valence-electron chi connectivity index (χ3n) is 6.06. The van der Waals surface area contributed by atoms with E-state index in [1.807, 2.05) is 43.3 Å². The number of carboxylic acid groups (broad SMARTS) is 1. The number of pyridine rings is 1. The topological polar surface area (TPSA) is 112 Å². The maximum Gasteiger partial charge on any atom is 0.407 e. The Morgan fingerprint density at radius 2 is 1.86 bits per heavy atom. The van der Waals surface area contributed by atoms with Crippen LogP contribution in [0.25, 0.3) is 22.5 Å². The Hall–Kier alpha value is -4.54. The zero-order chi connectivity index (χ0) is 25.1. The lowest BCUT2D eigenvalue weighted by molar-refractivity contribution is 0.142. The largest absolute Gasteiger partial charge is 0.465 e. The third-order valence-corrected chi connectivity index (χ3v) is 6.06. The summed E-state index contributed by atoms with van der Waals surface area (Å²) in [6, 6.07) is 11.4. The van der Waals surface area contributed by atoms with Crippen LogP contribution in [-0.2, 0) is 6.54 Å². The van der Waals surface area contributed by atoms with Gasteiger partial charge in [-0.1, -0.05) is 0 Å². The Bertz CT molecular complexity index is 1350. The van der Waals surface area contributed by atoms with Gasteiger partial charge in [-0.15, -0.1) is 0 Å². The van der Waals surface area contributed by atoms with E-state index in [4.69, 9.17) is 5.11 Å². The zero-order valence-electron chi connectivity index (χ0n) is 19.7. The van der Waals surface area contributed by atoms with Crippen LogP contribution in [0.4, 0.5) is 26.5 Å². The number of piperazine rings is 1. The molecule has 0 unspecified atom stereocenters. The fourth-order valence-corrected chi connectivity index (χ4v) is 4.13. The Kier molecular flexibility index (Phi) is 6.44. The summed E-state index contributed by atoms with van der Waals surface area (Å²) in [5.74, 6) is -0.284. The first-order valence-corrected chi connectivity index (χ1v) is 11.6. The summed E-state index contributed by atoms with van der Waals surface area (Å²) >= 11 is 0. The first-order chi connectivity index (χ1) is 17.5. The van der Waals surface area contributed by atoms with E-state index in [-0.39, 0.29) is 11.6 Å². The number of anilines is 3. The molecule has 0 atom stereocenters. The molecular weight excluding hydrogens is 463 g/mol. The van der Waals surface area contributed by atoms with Crippen molar-refractivity contribution in [1.29, 1.82) is 0 Å². The number of amides is 1. The lowest BCUT2D eigenvalue weighted by Gasteiger charge is -2.34. The van der Waals surface area contributed by atoms with Crippen LogP contribution >= 0.6 is 0 Å². The van der Waals surface area contributed by atoms with Gasteiger partial charge in [-0.2, -0.15) is 5.10 Å². The predicted octanol–water partition coefficient (Wildman–Crippen LogP) is 4.10. The first-order valence-electron chi connectivity index (χ1n) is 11.6. The molecule has 0 spiro atoms. The number of nitrogens with zero attached hydrogens (tertiary/aromatic N) is 7. The lowest BCUT2D eigenvalue weighted by Crippen LogP contribution is -2.48. The number of benzene rings is 1.